The molecule has 0 fully saturated rings. The normalized spacial score (nSPS) is 12.4. The van der Waals surface area contributed by atoms with Gasteiger partial charge < -0.3 is 5.32 Å². The third-order valence-corrected chi connectivity index (χ3v) is 3.60. The van der Waals surface area contributed by atoms with Gasteiger partial charge in [-0.25, -0.2) is 4.39 Å². The predicted octanol–water partition coefficient (Wildman–Crippen LogP) is 4.29. The average Bonchev–Trinajstić information content (AvgIpc) is 2.38. The topological polar surface area (TPSA) is 12.0 Å². The number of hydrogen-bond donors (Lipinski definition) is 1. The van der Waals surface area contributed by atoms with Gasteiger partial charge in [0.15, 0.2) is 0 Å². The molecule has 0 saturated heterocycles. The lowest BCUT2D eigenvalue weighted by Crippen LogP contribution is -2.19. The standard InChI is InChI=1S/C17H20FN/c1-12-5-4-6-13(2)17(12)11-19-14(3)15-7-9-16(18)10-8-15/h4-10,14,19H,11H2,1-3H3/t14-/m1/s1. The average molecular weight is 257 g/mol. The molecule has 0 spiro atoms. The van der Waals surface area contributed by atoms with Crippen LogP contribution >= 0.6 is 0 Å². The van der Waals surface area contributed by atoms with Crippen LogP contribution in [0.1, 0.15) is 35.2 Å². The Morgan fingerprint density at radius 2 is 1.58 bits per heavy atom. The van der Waals surface area contributed by atoms with Crippen LogP contribution in [0.3, 0.4) is 0 Å². The van der Waals surface area contributed by atoms with Crippen LogP contribution in [0.5, 0.6) is 0 Å². The van der Waals surface area contributed by atoms with Gasteiger partial charge in [0, 0.05) is 12.6 Å². The summed E-state index contributed by atoms with van der Waals surface area (Å²) < 4.78 is 12.9. The lowest BCUT2D eigenvalue weighted by Gasteiger charge is -2.17. The quantitative estimate of drug-likeness (QED) is 0.861. The maximum absolute atomic E-state index is 12.9. The van der Waals surface area contributed by atoms with E-state index in [1.165, 1.54) is 28.8 Å². The second-order valence-electron chi connectivity index (χ2n) is 5.02. The molecule has 19 heavy (non-hydrogen) atoms. The molecule has 0 bridgehead atoms. The number of halogens is 1. The van der Waals surface area contributed by atoms with Crippen LogP contribution in [0.4, 0.5) is 4.39 Å². The van der Waals surface area contributed by atoms with Crippen LogP contribution in [0.25, 0.3) is 0 Å². The first kappa shape index (κ1) is 13.8. The highest BCUT2D eigenvalue weighted by molar-refractivity contribution is 5.33. The van der Waals surface area contributed by atoms with Crippen molar-refractivity contribution in [3.63, 3.8) is 0 Å². The zero-order chi connectivity index (χ0) is 13.8. The third-order valence-electron chi connectivity index (χ3n) is 3.60. The number of aryl methyl sites for hydroxylation is 2. The summed E-state index contributed by atoms with van der Waals surface area (Å²) in [5.74, 6) is -0.189. The van der Waals surface area contributed by atoms with Crippen molar-refractivity contribution in [2.45, 2.75) is 33.4 Å². The van der Waals surface area contributed by atoms with E-state index in [1.807, 2.05) is 12.1 Å². The summed E-state index contributed by atoms with van der Waals surface area (Å²) >= 11 is 0. The monoisotopic (exact) mass is 257 g/mol. The maximum Gasteiger partial charge on any atom is 0.123 e. The van der Waals surface area contributed by atoms with E-state index in [-0.39, 0.29) is 11.9 Å². The molecule has 0 aliphatic carbocycles. The van der Waals surface area contributed by atoms with Gasteiger partial charge in [0.25, 0.3) is 0 Å². The molecule has 0 aliphatic heterocycles. The van der Waals surface area contributed by atoms with E-state index in [0.29, 0.717) is 0 Å². The van der Waals surface area contributed by atoms with Crippen molar-refractivity contribution in [3.05, 3.63) is 70.5 Å². The van der Waals surface area contributed by atoms with Crippen molar-refractivity contribution in [2.24, 2.45) is 0 Å². The summed E-state index contributed by atoms with van der Waals surface area (Å²) in [7, 11) is 0. The fourth-order valence-corrected chi connectivity index (χ4v) is 2.25. The Kier molecular flexibility index (Phi) is 4.33. The van der Waals surface area contributed by atoms with Crippen LogP contribution in [0, 0.1) is 19.7 Å². The van der Waals surface area contributed by atoms with Crippen molar-refractivity contribution in [1.29, 1.82) is 0 Å². The number of nitrogens with one attached hydrogen (secondary N) is 1. The Hall–Kier alpha value is -1.67. The van der Waals surface area contributed by atoms with Gasteiger partial charge >= 0.3 is 0 Å². The third kappa shape index (κ3) is 3.42. The summed E-state index contributed by atoms with van der Waals surface area (Å²) in [6, 6.07) is 13.2. The molecule has 100 valence electrons. The SMILES string of the molecule is Cc1cccc(C)c1CN[C@H](C)c1ccc(F)cc1. The van der Waals surface area contributed by atoms with Gasteiger partial charge in [0.2, 0.25) is 0 Å². The Balaban J connectivity index is 2.04. The van der Waals surface area contributed by atoms with E-state index in [4.69, 9.17) is 0 Å². The smallest absolute Gasteiger partial charge is 0.123 e. The zero-order valence-electron chi connectivity index (χ0n) is 11.7. The first-order chi connectivity index (χ1) is 9.08. The summed E-state index contributed by atoms with van der Waals surface area (Å²) in [5.41, 5.74) is 5.06. The minimum atomic E-state index is -0.189. The molecule has 0 heterocycles. The van der Waals surface area contributed by atoms with Crippen molar-refractivity contribution in [2.75, 3.05) is 0 Å². The molecule has 0 radical (unpaired) electrons. The molecular weight excluding hydrogens is 237 g/mol. The minimum Gasteiger partial charge on any atom is -0.306 e. The molecule has 0 saturated carbocycles. The van der Waals surface area contributed by atoms with Crippen LogP contribution < -0.4 is 5.32 Å². The summed E-state index contributed by atoms with van der Waals surface area (Å²) in [4.78, 5) is 0. The fourth-order valence-electron chi connectivity index (χ4n) is 2.25. The first-order valence-corrected chi connectivity index (χ1v) is 6.62. The van der Waals surface area contributed by atoms with Crippen molar-refractivity contribution in [3.8, 4) is 0 Å². The second-order valence-corrected chi connectivity index (χ2v) is 5.02. The van der Waals surface area contributed by atoms with Gasteiger partial charge in [-0.3, -0.25) is 0 Å². The van der Waals surface area contributed by atoms with Crippen LogP contribution in [0.15, 0.2) is 42.5 Å². The van der Waals surface area contributed by atoms with Crippen LogP contribution in [-0.4, -0.2) is 0 Å². The largest absolute Gasteiger partial charge is 0.306 e. The van der Waals surface area contributed by atoms with E-state index in [0.717, 1.165) is 12.1 Å². The summed E-state index contributed by atoms with van der Waals surface area (Å²) in [6.45, 7) is 7.19. The molecule has 2 aromatic rings. The Morgan fingerprint density at radius 3 is 2.16 bits per heavy atom. The van der Waals surface area contributed by atoms with E-state index >= 15 is 0 Å². The number of benzene rings is 2. The highest BCUT2D eigenvalue weighted by Gasteiger charge is 2.07. The van der Waals surface area contributed by atoms with Crippen molar-refractivity contribution >= 4 is 0 Å². The molecule has 0 unspecified atom stereocenters. The molecule has 2 aromatic carbocycles. The summed E-state index contributed by atoms with van der Waals surface area (Å²) in [5, 5.41) is 3.49. The maximum atomic E-state index is 12.9. The highest BCUT2D eigenvalue weighted by Crippen LogP contribution is 2.17. The van der Waals surface area contributed by atoms with Gasteiger partial charge in [-0.1, -0.05) is 30.3 Å². The van der Waals surface area contributed by atoms with E-state index in [1.54, 1.807) is 0 Å². The lowest BCUT2D eigenvalue weighted by atomic mass is 10.0. The first-order valence-electron chi connectivity index (χ1n) is 6.62. The van der Waals surface area contributed by atoms with Gasteiger partial charge in [0.05, 0.1) is 0 Å². The van der Waals surface area contributed by atoms with Crippen LogP contribution in [-0.2, 0) is 6.54 Å². The molecule has 0 amide bonds. The van der Waals surface area contributed by atoms with Gasteiger partial charge in [-0.05, 0) is 55.2 Å². The minimum absolute atomic E-state index is 0.189. The Labute approximate surface area is 114 Å². The van der Waals surface area contributed by atoms with Gasteiger partial charge in [-0.2, -0.15) is 0 Å². The van der Waals surface area contributed by atoms with E-state index < -0.39 is 0 Å². The van der Waals surface area contributed by atoms with Gasteiger partial charge in [0.1, 0.15) is 5.82 Å². The van der Waals surface area contributed by atoms with Crippen LogP contribution in [0.2, 0.25) is 0 Å². The lowest BCUT2D eigenvalue weighted by molar-refractivity contribution is 0.568. The second kappa shape index (κ2) is 5.98. The summed E-state index contributed by atoms with van der Waals surface area (Å²) in [6.07, 6.45) is 0. The van der Waals surface area contributed by atoms with Crippen molar-refractivity contribution in [1.82, 2.24) is 5.32 Å². The van der Waals surface area contributed by atoms with E-state index in [2.05, 4.69) is 44.3 Å². The molecule has 2 rings (SSSR count). The van der Waals surface area contributed by atoms with Crippen molar-refractivity contribution < 1.29 is 4.39 Å². The van der Waals surface area contributed by atoms with E-state index in [9.17, 15) is 4.39 Å². The fraction of sp³-hybridized carbons (Fsp3) is 0.294. The molecule has 0 aliphatic rings. The van der Waals surface area contributed by atoms with Gasteiger partial charge in [-0.15, -0.1) is 0 Å². The molecule has 1 atom stereocenters. The number of rotatable bonds is 4. The molecule has 0 aromatic heterocycles. The Bertz CT molecular complexity index is 525. The predicted molar refractivity (Wildman–Crippen MR) is 77.6 cm³/mol. The molecule has 2 heteroatoms. The molecule has 1 nitrogen and oxygen atoms in total. The molecule has 1 N–H and O–H groups in total. The highest BCUT2D eigenvalue weighted by atomic mass is 19.1. The molecular formula is C17H20FN. The Morgan fingerprint density at radius 1 is 1.00 bits per heavy atom. The number of hydrogen-bond acceptors (Lipinski definition) is 1. The zero-order valence-corrected chi connectivity index (χ0v) is 11.7.